The molecule has 8 heteroatoms. The minimum Gasteiger partial charge on any atom is -0.497 e. The molecule has 0 atom stereocenters. The average Bonchev–Trinajstić information content (AvgIpc) is 2.55. The number of rotatable bonds is 6. The molecule has 0 heterocycles. The van der Waals surface area contributed by atoms with Crippen LogP contribution in [-0.2, 0) is 16.6 Å². The van der Waals surface area contributed by atoms with Gasteiger partial charge in [0.1, 0.15) is 11.5 Å². The highest BCUT2D eigenvalue weighted by atomic mass is 32.2. The molecule has 2 aromatic carbocycles. The van der Waals surface area contributed by atoms with E-state index >= 15 is 0 Å². The molecule has 0 saturated heterocycles. The zero-order chi connectivity index (χ0) is 17.0. The quantitative estimate of drug-likeness (QED) is 0.875. The van der Waals surface area contributed by atoms with Crippen LogP contribution in [0.4, 0.5) is 8.78 Å². The van der Waals surface area contributed by atoms with Gasteiger partial charge in [0.25, 0.3) is 0 Å². The van der Waals surface area contributed by atoms with Crippen LogP contribution in [0.5, 0.6) is 11.5 Å². The van der Waals surface area contributed by atoms with Crippen LogP contribution >= 0.6 is 0 Å². The van der Waals surface area contributed by atoms with Gasteiger partial charge in [0, 0.05) is 12.1 Å². The van der Waals surface area contributed by atoms with Crippen LogP contribution in [0.25, 0.3) is 0 Å². The van der Waals surface area contributed by atoms with E-state index in [4.69, 9.17) is 9.47 Å². The molecule has 0 radical (unpaired) electrons. The monoisotopic (exact) mass is 343 g/mol. The van der Waals surface area contributed by atoms with Gasteiger partial charge in [0.2, 0.25) is 10.0 Å². The van der Waals surface area contributed by atoms with Crippen LogP contribution in [0.2, 0.25) is 0 Å². The van der Waals surface area contributed by atoms with E-state index in [1.807, 2.05) is 0 Å². The standard InChI is InChI=1S/C15H15F2NO4S/c1-21-11-3-6-15(22-2)10(7-11)9-18-23(19,20)12-4-5-13(16)14(17)8-12/h3-8,18H,9H2,1-2H3. The van der Waals surface area contributed by atoms with Gasteiger partial charge in [-0.2, -0.15) is 0 Å². The van der Waals surface area contributed by atoms with Gasteiger partial charge in [-0.1, -0.05) is 0 Å². The van der Waals surface area contributed by atoms with E-state index in [2.05, 4.69) is 4.72 Å². The van der Waals surface area contributed by atoms with Crippen molar-refractivity contribution in [1.29, 1.82) is 0 Å². The number of nitrogens with one attached hydrogen (secondary N) is 1. The second-order valence-corrected chi connectivity index (χ2v) is 6.35. The molecule has 0 bridgehead atoms. The fourth-order valence-corrected chi connectivity index (χ4v) is 2.94. The Morgan fingerprint density at radius 1 is 1.00 bits per heavy atom. The van der Waals surface area contributed by atoms with E-state index in [-0.39, 0.29) is 11.4 Å². The van der Waals surface area contributed by atoms with Crippen LogP contribution in [0.1, 0.15) is 5.56 Å². The summed E-state index contributed by atoms with van der Waals surface area (Å²) in [5.74, 6) is -1.34. The number of sulfonamides is 1. The van der Waals surface area contributed by atoms with Gasteiger partial charge in [-0.25, -0.2) is 21.9 Å². The molecule has 0 unspecified atom stereocenters. The maximum Gasteiger partial charge on any atom is 0.240 e. The van der Waals surface area contributed by atoms with Crippen molar-refractivity contribution in [3.8, 4) is 11.5 Å². The van der Waals surface area contributed by atoms with E-state index < -0.39 is 21.7 Å². The molecule has 0 aliphatic rings. The zero-order valence-electron chi connectivity index (χ0n) is 12.5. The Morgan fingerprint density at radius 3 is 2.35 bits per heavy atom. The minimum absolute atomic E-state index is 0.0955. The lowest BCUT2D eigenvalue weighted by Gasteiger charge is -2.12. The van der Waals surface area contributed by atoms with Gasteiger partial charge in [-0.3, -0.25) is 0 Å². The third-order valence-electron chi connectivity index (χ3n) is 3.14. The number of hydrogen-bond acceptors (Lipinski definition) is 4. The SMILES string of the molecule is COc1ccc(OC)c(CNS(=O)(=O)c2ccc(F)c(F)c2)c1. The number of benzene rings is 2. The number of hydrogen-bond donors (Lipinski definition) is 1. The second kappa shape index (κ2) is 6.93. The second-order valence-electron chi connectivity index (χ2n) is 4.58. The van der Waals surface area contributed by atoms with Crippen molar-refractivity contribution < 1.29 is 26.7 Å². The summed E-state index contributed by atoms with van der Waals surface area (Å²) >= 11 is 0. The van der Waals surface area contributed by atoms with E-state index in [0.29, 0.717) is 23.1 Å². The highest BCUT2D eigenvalue weighted by Crippen LogP contribution is 2.24. The summed E-state index contributed by atoms with van der Waals surface area (Å²) in [6.07, 6.45) is 0. The average molecular weight is 343 g/mol. The maximum atomic E-state index is 13.2. The van der Waals surface area contributed by atoms with E-state index in [9.17, 15) is 17.2 Å². The normalized spacial score (nSPS) is 11.3. The first kappa shape index (κ1) is 17.2. The predicted octanol–water partition coefficient (Wildman–Crippen LogP) is 2.46. The molecule has 0 fully saturated rings. The van der Waals surface area contributed by atoms with Crippen molar-refractivity contribution in [2.24, 2.45) is 0 Å². The van der Waals surface area contributed by atoms with Crippen LogP contribution < -0.4 is 14.2 Å². The lowest BCUT2D eigenvalue weighted by molar-refractivity contribution is 0.398. The molecule has 1 N–H and O–H groups in total. The molecule has 0 aliphatic carbocycles. The summed E-state index contributed by atoms with van der Waals surface area (Å²) in [4.78, 5) is -0.363. The third-order valence-corrected chi connectivity index (χ3v) is 4.54. The molecule has 0 spiro atoms. The number of halogens is 2. The summed E-state index contributed by atoms with van der Waals surface area (Å²) in [5, 5.41) is 0. The smallest absolute Gasteiger partial charge is 0.240 e. The molecular weight excluding hydrogens is 328 g/mol. The predicted molar refractivity (Wildman–Crippen MR) is 79.9 cm³/mol. The lowest BCUT2D eigenvalue weighted by atomic mass is 10.2. The largest absolute Gasteiger partial charge is 0.497 e. The molecule has 0 aromatic heterocycles. The van der Waals surface area contributed by atoms with Gasteiger partial charge in [-0.15, -0.1) is 0 Å². The molecule has 0 amide bonds. The summed E-state index contributed by atoms with van der Waals surface area (Å²) in [6.45, 7) is -0.0955. The van der Waals surface area contributed by atoms with Crippen molar-refractivity contribution >= 4 is 10.0 Å². The van der Waals surface area contributed by atoms with E-state index in [1.165, 1.54) is 14.2 Å². The molecule has 2 aromatic rings. The van der Waals surface area contributed by atoms with E-state index in [0.717, 1.165) is 12.1 Å². The van der Waals surface area contributed by atoms with Crippen LogP contribution in [0, 0.1) is 11.6 Å². The molecule has 0 aliphatic heterocycles. The lowest BCUT2D eigenvalue weighted by Crippen LogP contribution is -2.23. The van der Waals surface area contributed by atoms with Gasteiger partial charge in [0.05, 0.1) is 19.1 Å². The van der Waals surface area contributed by atoms with Crippen molar-refractivity contribution in [1.82, 2.24) is 4.72 Å². The number of ether oxygens (including phenoxy) is 2. The highest BCUT2D eigenvalue weighted by Gasteiger charge is 2.17. The first-order valence-corrected chi connectivity index (χ1v) is 8.01. The Hall–Kier alpha value is -2.19. The zero-order valence-corrected chi connectivity index (χ0v) is 13.3. The van der Waals surface area contributed by atoms with Gasteiger partial charge in [0.15, 0.2) is 11.6 Å². The summed E-state index contributed by atoms with van der Waals surface area (Å²) < 4.78 is 62.9. The topological polar surface area (TPSA) is 64.6 Å². The Labute approximate surface area is 132 Å². The Morgan fingerprint density at radius 2 is 1.74 bits per heavy atom. The summed E-state index contributed by atoms with van der Waals surface area (Å²) in [5.41, 5.74) is 0.540. The fraction of sp³-hybridized carbons (Fsp3) is 0.200. The van der Waals surface area contributed by atoms with Crippen molar-refractivity contribution in [2.45, 2.75) is 11.4 Å². The van der Waals surface area contributed by atoms with E-state index in [1.54, 1.807) is 18.2 Å². The third kappa shape index (κ3) is 3.96. The first-order chi connectivity index (χ1) is 10.9. The van der Waals surface area contributed by atoms with Crippen LogP contribution in [0.3, 0.4) is 0 Å². The van der Waals surface area contributed by atoms with Crippen molar-refractivity contribution in [2.75, 3.05) is 14.2 Å². The van der Waals surface area contributed by atoms with Crippen molar-refractivity contribution in [3.63, 3.8) is 0 Å². The molecule has 23 heavy (non-hydrogen) atoms. The summed E-state index contributed by atoms with van der Waals surface area (Å²) in [6, 6.07) is 7.30. The Kier molecular flexibility index (Phi) is 5.17. The van der Waals surface area contributed by atoms with Gasteiger partial charge >= 0.3 is 0 Å². The first-order valence-electron chi connectivity index (χ1n) is 6.53. The fourth-order valence-electron chi connectivity index (χ4n) is 1.92. The maximum absolute atomic E-state index is 13.2. The van der Waals surface area contributed by atoms with Gasteiger partial charge in [-0.05, 0) is 36.4 Å². The number of methoxy groups -OCH3 is 2. The molecular formula is C15H15F2NO4S. The molecule has 0 saturated carbocycles. The minimum atomic E-state index is -4.00. The van der Waals surface area contributed by atoms with Gasteiger partial charge < -0.3 is 9.47 Å². The molecule has 124 valence electrons. The molecule has 5 nitrogen and oxygen atoms in total. The molecule has 2 rings (SSSR count). The Balaban J connectivity index is 2.23. The Bertz CT molecular complexity index is 809. The van der Waals surface area contributed by atoms with Crippen molar-refractivity contribution in [3.05, 3.63) is 53.6 Å². The highest BCUT2D eigenvalue weighted by molar-refractivity contribution is 7.89. The van der Waals surface area contributed by atoms with Crippen LogP contribution in [-0.4, -0.2) is 22.6 Å². The van der Waals surface area contributed by atoms with Crippen LogP contribution in [0.15, 0.2) is 41.3 Å². The summed E-state index contributed by atoms with van der Waals surface area (Å²) in [7, 11) is -1.06.